The number of amides is 3. The van der Waals surface area contributed by atoms with Crippen LogP contribution in [0.2, 0.25) is 0 Å². The van der Waals surface area contributed by atoms with Crippen molar-refractivity contribution in [2.75, 3.05) is 24.3 Å². The summed E-state index contributed by atoms with van der Waals surface area (Å²) in [6.45, 7) is 0.740. The van der Waals surface area contributed by atoms with E-state index in [-0.39, 0.29) is 24.1 Å². The van der Waals surface area contributed by atoms with E-state index < -0.39 is 35.9 Å². The van der Waals surface area contributed by atoms with Crippen LogP contribution in [-0.2, 0) is 25.6 Å². The van der Waals surface area contributed by atoms with Gasteiger partial charge in [0.2, 0.25) is 17.7 Å². The molecule has 1 aliphatic heterocycles. The summed E-state index contributed by atoms with van der Waals surface area (Å²) in [5, 5.41) is 21.4. The molecule has 0 saturated carbocycles. The Balaban J connectivity index is 1.79. The Morgan fingerprint density at radius 3 is 2.50 bits per heavy atom. The number of thioether (sulfide) groups is 1. The van der Waals surface area contributed by atoms with Gasteiger partial charge in [-0.1, -0.05) is 18.2 Å². The number of hydrogen-bond acceptors (Lipinski definition) is 7. The van der Waals surface area contributed by atoms with Crippen molar-refractivity contribution in [3.8, 4) is 0 Å². The summed E-state index contributed by atoms with van der Waals surface area (Å²) >= 11 is 5.49. The van der Waals surface area contributed by atoms with Crippen LogP contribution in [0.15, 0.2) is 30.5 Å². The van der Waals surface area contributed by atoms with E-state index in [4.69, 9.17) is 0 Å². The average Bonchev–Trinajstić information content (AvgIpc) is 3.55. The number of benzene rings is 1. The third kappa shape index (κ3) is 7.40. The predicted molar refractivity (Wildman–Crippen MR) is 143 cm³/mol. The van der Waals surface area contributed by atoms with Crippen molar-refractivity contribution in [3.63, 3.8) is 0 Å². The molecule has 3 amide bonds. The molecule has 0 aliphatic carbocycles. The smallest absolute Gasteiger partial charge is 0.327 e. The molecule has 12 heteroatoms. The average molecular weight is 536 g/mol. The first-order valence-electron chi connectivity index (χ1n) is 11.9. The van der Waals surface area contributed by atoms with Gasteiger partial charge in [-0.25, -0.2) is 4.79 Å². The van der Waals surface area contributed by atoms with Gasteiger partial charge in [-0.2, -0.15) is 24.4 Å². The molecule has 0 radical (unpaired) electrons. The van der Waals surface area contributed by atoms with Gasteiger partial charge in [-0.15, -0.1) is 0 Å². The highest BCUT2D eigenvalue weighted by molar-refractivity contribution is 7.98. The SMILES string of the molecule is CSCCC(NC(=O)C(Cc1c[nH]c2ccccc12)NC(=O)C1CCCN1)C(=O)NC(CS)C(=O)O. The van der Waals surface area contributed by atoms with E-state index in [2.05, 4.69) is 38.9 Å². The number of para-hydroxylation sites is 1. The van der Waals surface area contributed by atoms with Gasteiger partial charge < -0.3 is 31.4 Å². The van der Waals surface area contributed by atoms with Crippen molar-refractivity contribution < 1.29 is 24.3 Å². The lowest BCUT2D eigenvalue weighted by atomic mass is 10.0. The highest BCUT2D eigenvalue weighted by Crippen LogP contribution is 2.19. The summed E-state index contributed by atoms with van der Waals surface area (Å²) in [6.07, 6.45) is 5.78. The van der Waals surface area contributed by atoms with E-state index in [9.17, 15) is 24.3 Å². The van der Waals surface area contributed by atoms with Gasteiger partial charge in [0.05, 0.1) is 6.04 Å². The second-order valence-electron chi connectivity index (χ2n) is 8.70. The van der Waals surface area contributed by atoms with E-state index in [1.54, 1.807) is 0 Å². The Labute approximate surface area is 219 Å². The molecule has 6 N–H and O–H groups in total. The van der Waals surface area contributed by atoms with Crippen LogP contribution in [0.5, 0.6) is 0 Å². The van der Waals surface area contributed by atoms with Gasteiger partial charge in [0.15, 0.2) is 0 Å². The third-order valence-electron chi connectivity index (χ3n) is 6.15. The van der Waals surface area contributed by atoms with Crippen LogP contribution in [0.25, 0.3) is 10.9 Å². The van der Waals surface area contributed by atoms with Crippen LogP contribution in [0, 0.1) is 0 Å². The maximum Gasteiger partial charge on any atom is 0.327 e. The number of aromatic nitrogens is 1. The zero-order chi connectivity index (χ0) is 26.1. The molecule has 0 bridgehead atoms. The lowest BCUT2D eigenvalue weighted by Gasteiger charge is -2.25. The fourth-order valence-corrected chi connectivity index (χ4v) is 4.86. The van der Waals surface area contributed by atoms with Crippen molar-refractivity contribution in [2.45, 2.75) is 49.9 Å². The van der Waals surface area contributed by atoms with Crippen LogP contribution in [0.3, 0.4) is 0 Å². The van der Waals surface area contributed by atoms with Crippen LogP contribution in [0.1, 0.15) is 24.8 Å². The molecule has 2 aromatic rings. The summed E-state index contributed by atoms with van der Waals surface area (Å²) in [5.41, 5.74) is 1.77. The highest BCUT2D eigenvalue weighted by atomic mass is 32.2. The first-order chi connectivity index (χ1) is 17.3. The fourth-order valence-electron chi connectivity index (χ4n) is 4.14. The van der Waals surface area contributed by atoms with Gasteiger partial charge in [0.1, 0.15) is 18.1 Å². The minimum absolute atomic E-state index is 0.0854. The first kappa shape index (κ1) is 27.9. The molecule has 0 spiro atoms. The van der Waals surface area contributed by atoms with E-state index >= 15 is 0 Å². The molecule has 36 heavy (non-hydrogen) atoms. The predicted octanol–water partition coefficient (Wildman–Crippen LogP) is 0.684. The summed E-state index contributed by atoms with van der Waals surface area (Å²) in [7, 11) is 0. The van der Waals surface area contributed by atoms with E-state index in [1.165, 1.54) is 11.8 Å². The lowest BCUT2D eigenvalue weighted by Crippen LogP contribution is -2.57. The quantitative estimate of drug-likeness (QED) is 0.186. The maximum atomic E-state index is 13.4. The number of H-pyrrole nitrogens is 1. The molecule has 2 heterocycles. The van der Waals surface area contributed by atoms with Crippen molar-refractivity contribution in [1.82, 2.24) is 26.3 Å². The summed E-state index contributed by atoms with van der Waals surface area (Å²) in [6, 6.07) is 4.24. The number of nitrogens with one attached hydrogen (secondary N) is 5. The molecule has 4 atom stereocenters. The van der Waals surface area contributed by atoms with Gasteiger partial charge in [0, 0.05) is 29.3 Å². The number of carbonyl (C=O) groups is 4. The number of carbonyl (C=O) groups excluding carboxylic acids is 3. The van der Waals surface area contributed by atoms with Crippen LogP contribution in [-0.4, -0.2) is 82.3 Å². The molecule has 1 aliphatic rings. The fraction of sp³-hybridized carbons (Fsp3) is 0.500. The molecule has 1 aromatic heterocycles. The van der Waals surface area contributed by atoms with E-state index in [0.717, 1.165) is 29.4 Å². The number of carboxylic acids is 1. The summed E-state index contributed by atoms with van der Waals surface area (Å²) in [4.78, 5) is 53.7. The molecular weight excluding hydrogens is 502 g/mol. The molecule has 196 valence electrons. The van der Waals surface area contributed by atoms with Crippen molar-refractivity contribution >= 4 is 59.0 Å². The van der Waals surface area contributed by atoms with Gasteiger partial charge >= 0.3 is 5.97 Å². The van der Waals surface area contributed by atoms with Crippen molar-refractivity contribution in [3.05, 3.63) is 36.0 Å². The second kappa shape index (κ2) is 13.6. The number of carboxylic acid groups (broad SMARTS) is 1. The zero-order valence-corrected chi connectivity index (χ0v) is 21.8. The van der Waals surface area contributed by atoms with E-state index in [1.807, 2.05) is 36.7 Å². The third-order valence-corrected chi connectivity index (χ3v) is 7.16. The Hall–Kier alpha value is -2.70. The van der Waals surface area contributed by atoms with Gasteiger partial charge in [-0.3, -0.25) is 14.4 Å². The van der Waals surface area contributed by atoms with E-state index in [0.29, 0.717) is 18.6 Å². The molecule has 1 saturated heterocycles. The summed E-state index contributed by atoms with van der Waals surface area (Å²) < 4.78 is 0. The van der Waals surface area contributed by atoms with Crippen molar-refractivity contribution in [2.24, 2.45) is 0 Å². The minimum atomic E-state index is -1.21. The molecule has 4 unspecified atom stereocenters. The summed E-state index contributed by atoms with van der Waals surface area (Å²) in [5.74, 6) is -2.10. The Morgan fingerprint density at radius 1 is 1.11 bits per heavy atom. The number of aliphatic carboxylic acids is 1. The Kier molecular flexibility index (Phi) is 10.5. The number of hydrogen-bond donors (Lipinski definition) is 7. The largest absolute Gasteiger partial charge is 0.480 e. The molecule has 1 fully saturated rings. The Morgan fingerprint density at radius 2 is 1.83 bits per heavy atom. The van der Waals surface area contributed by atoms with Crippen molar-refractivity contribution in [1.29, 1.82) is 0 Å². The second-order valence-corrected chi connectivity index (χ2v) is 10.0. The number of rotatable bonds is 13. The minimum Gasteiger partial charge on any atom is -0.480 e. The molecule has 3 rings (SSSR count). The van der Waals surface area contributed by atoms with Crippen LogP contribution < -0.4 is 21.3 Å². The van der Waals surface area contributed by atoms with Gasteiger partial charge in [0.25, 0.3) is 0 Å². The number of thiol groups is 1. The maximum absolute atomic E-state index is 13.4. The first-order valence-corrected chi connectivity index (χ1v) is 13.9. The van der Waals surface area contributed by atoms with Gasteiger partial charge in [-0.05, 0) is 49.4 Å². The number of fused-ring (bicyclic) bond motifs is 1. The topological polar surface area (TPSA) is 152 Å². The highest BCUT2D eigenvalue weighted by Gasteiger charge is 2.31. The molecular formula is C24H33N5O5S2. The standard InChI is InChI=1S/C24H33N5O5S2/c1-36-10-8-18(22(31)29-20(13-35)24(33)34)27-23(32)19(28-21(30)17-7-4-9-25-17)11-14-12-26-16-6-3-2-5-15(14)16/h2-3,5-6,12,17-20,25-26,35H,4,7-11,13H2,1H3,(H,27,32)(H,28,30)(H,29,31)(H,33,34). The normalized spacial score (nSPS) is 17.8. The molecule has 1 aromatic carbocycles. The molecule has 10 nitrogen and oxygen atoms in total. The Bertz CT molecular complexity index is 1070. The number of aromatic amines is 1. The van der Waals surface area contributed by atoms with Crippen LogP contribution in [0.4, 0.5) is 0 Å². The zero-order valence-electron chi connectivity index (χ0n) is 20.1. The lowest BCUT2D eigenvalue weighted by molar-refractivity contribution is -0.141. The van der Waals surface area contributed by atoms with Crippen LogP contribution >= 0.6 is 24.4 Å². The monoisotopic (exact) mass is 535 g/mol.